The first-order valence-corrected chi connectivity index (χ1v) is 11.6. The Labute approximate surface area is 238 Å². The van der Waals surface area contributed by atoms with E-state index in [0.717, 1.165) is 24.3 Å². The minimum absolute atomic E-state index is 0.0630. The van der Waals surface area contributed by atoms with Gasteiger partial charge in [-0.05, 0) is 61.4 Å². The Hall–Kier alpha value is -6.06. The molecular formula is C26H30N4O12. The summed E-state index contributed by atoms with van der Waals surface area (Å²) in [6.07, 6.45) is 3.91. The van der Waals surface area contributed by atoms with E-state index in [1.165, 1.54) is 0 Å². The first-order chi connectivity index (χ1) is 19.9. The number of aliphatic carboxylic acids is 4. The van der Waals surface area contributed by atoms with Gasteiger partial charge in [0.1, 0.15) is 11.5 Å². The average Bonchev–Trinajstić information content (AvgIpc) is 2.97. The monoisotopic (exact) mass is 590 g/mol. The fraction of sp³-hybridized carbons (Fsp3) is 0.154. The van der Waals surface area contributed by atoms with Crippen molar-refractivity contribution in [2.75, 3.05) is 13.2 Å². The third kappa shape index (κ3) is 18.2. The molecule has 0 spiro atoms. The molecule has 0 saturated carbocycles. The number of carbonyl (C=O) groups is 4. The third-order valence-corrected chi connectivity index (χ3v) is 4.33. The summed E-state index contributed by atoms with van der Waals surface area (Å²) < 4.78 is 11.3. The molecule has 0 amide bonds. The number of ether oxygens (including phenoxy) is 2. The van der Waals surface area contributed by atoms with Gasteiger partial charge in [-0.25, -0.2) is 19.2 Å². The molecule has 2 aromatic rings. The Morgan fingerprint density at radius 1 is 0.571 bits per heavy atom. The van der Waals surface area contributed by atoms with Gasteiger partial charge in [-0.15, -0.1) is 0 Å². The Kier molecular flexibility index (Phi) is 17.8. The molecule has 0 bridgehead atoms. The second-order valence-electron chi connectivity index (χ2n) is 7.44. The highest BCUT2D eigenvalue weighted by Gasteiger charge is 2.01. The van der Waals surface area contributed by atoms with Crippen LogP contribution in [0.2, 0.25) is 0 Å². The van der Waals surface area contributed by atoms with Crippen LogP contribution in [-0.2, 0) is 19.2 Å². The highest BCUT2D eigenvalue weighted by molar-refractivity contribution is 5.97. The quantitative estimate of drug-likeness (QED) is 0.0410. The number of hydrogen-bond acceptors (Lipinski definition) is 10. The molecule has 0 atom stereocenters. The van der Waals surface area contributed by atoms with Crippen LogP contribution >= 0.6 is 0 Å². The highest BCUT2D eigenvalue weighted by Crippen LogP contribution is 2.14. The van der Waals surface area contributed by atoms with Crippen molar-refractivity contribution in [2.24, 2.45) is 21.8 Å². The molecule has 226 valence electrons. The van der Waals surface area contributed by atoms with Crippen LogP contribution in [0.4, 0.5) is 0 Å². The zero-order valence-electron chi connectivity index (χ0n) is 21.9. The minimum Gasteiger partial charge on any atom is -0.494 e. The molecule has 2 rings (SSSR count). The molecule has 0 radical (unpaired) electrons. The maximum atomic E-state index is 9.55. The summed E-state index contributed by atoms with van der Waals surface area (Å²) in [5.41, 5.74) is 12.3. The van der Waals surface area contributed by atoms with E-state index in [1.54, 1.807) is 48.5 Å². The van der Waals surface area contributed by atoms with Crippen LogP contribution in [0.5, 0.6) is 11.5 Å². The molecule has 16 nitrogen and oxygen atoms in total. The van der Waals surface area contributed by atoms with Gasteiger partial charge in [-0.3, -0.25) is 0 Å². The number of hydrogen-bond donors (Lipinski definition) is 8. The van der Waals surface area contributed by atoms with Crippen LogP contribution in [0.25, 0.3) is 0 Å². The Balaban J connectivity index is 0.000000861. The Morgan fingerprint density at radius 2 is 0.833 bits per heavy atom. The van der Waals surface area contributed by atoms with Gasteiger partial charge < -0.3 is 51.8 Å². The van der Waals surface area contributed by atoms with Crippen molar-refractivity contribution in [3.05, 3.63) is 84.0 Å². The summed E-state index contributed by atoms with van der Waals surface area (Å²) in [7, 11) is 0. The van der Waals surface area contributed by atoms with Crippen molar-refractivity contribution >= 4 is 35.5 Å². The number of carboxylic acids is 4. The number of nitrogens with two attached hydrogens (primary N) is 2. The molecule has 0 aromatic heterocycles. The van der Waals surface area contributed by atoms with Crippen LogP contribution in [0.3, 0.4) is 0 Å². The van der Waals surface area contributed by atoms with E-state index < -0.39 is 23.9 Å². The van der Waals surface area contributed by atoms with Gasteiger partial charge in [-0.2, -0.15) is 0 Å². The lowest BCUT2D eigenvalue weighted by Crippen LogP contribution is -2.12. The standard InChI is InChI=1S/C18H22N4O4.2C4H4O4/c19-17(21-23)13-3-7-15(8-4-13)25-11-1-2-12-26-16-9-5-14(6-10-16)18(20)22-24;2*5-3(6)1-2-4(7)8/h3-10,23-24H,1-2,11-12H2,(H2,19,21)(H2,20,22);2*1-2H,(H,5,6)(H,7,8)/b;2*2-1-. The van der Waals surface area contributed by atoms with E-state index in [0.29, 0.717) is 48.6 Å². The fourth-order valence-corrected chi connectivity index (χ4v) is 2.43. The second kappa shape index (κ2) is 20.8. The minimum atomic E-state index is -1.26. The number of rotatable bonds is 13. The molecule has 10 N–H and O–H groups in total. The second-order valence-corrected chi connectivity index (χ2v) is 7.44. The zero-order valence-corrected chi connectivity index (χ0v) is 21.9. The van der Waals surface area contributed by atoms with Crippen LogP contribution in [0, 0.1) is 0 Å². The molecule has 0 aliphatic carbocycles. The lowest BCUT2D eigenvalue weighted by molar-refractivity contribution is -0.134. The van der Waals surface area contributed by atoms with Crippen molar-refractivity contribution in [3.63, 3.8) is 0 Å². The van der Waals surface area contributed by atoms with Crippen LogP contribution < -0.4 is 20.9 Å². The summed E-state index contributed by atoms with van der Waals surface area (Å²) in [6.45, 7) is 1.13. The predicted octanol–water partition coefficient (Wildman–Crippen LogP) is 1.54. The predicted molar refractivity (Wildman–Crippen MR) is 147 cm³/mol. The normalized spacial score (nSPS) is 11.0. The number of amidine groups is 2. The van der Waals surface area contributed by atoms with Crippen molar-refractivity contribution in [3.8, 4) is 11.5 Å². The molecule has 0 saturated heterocycles. The van der Waals surface area contributed by atoms with Crippen molar-refractivity contribution in [1.82, 2.24) is 0 Å². The van der Waals surface area contributed by atoms with Crippen LogP contribution in [-0.4, -0.2) is 79.6 Å². The van der Waals surface area contributed by atoms with E-state index in [-0.39, 0.29) is 11.7 Å². The Morgan fingerprint density at radius 3 is 1.05 bits per heavy atom. The van der Waals surface area contributed by atoms with Gasteiger partial charge in [0, 0.05) is 35.4 Å². The number of oxime groups is 2. The van der Waals surface area contributed by atoms with Gasteiger partial charge in [-0.1, -0.05) is 10.3 Å². The van der Waals surface area contributed by atoms with Gasteiger partial charge in [0.15, 0.2) is 11.7 Å². The smallest absolute Gasteiger partial charge is 0.328 e. The maximum Gasteiger partial charge on any atom is 0.328 e. The van der Waals surface area contributed by atoms with E-state index in [1.807, 2.05) is 0 Å². The maximum absolute atomic E-state index is 9.55. The van der Waals surface area contributed by atoms with E-state index in [9.17, 15) is 19.2 Å². The number of carboxylic acid groups (broad SMARTS) is 4. The SMILES string of the molecule is N/C(=N\O)c1ccc(OCCCCOc2ccc(/C(N)=N/O)cc2)cc1.O=C(O)/C=C\C(=O)O.O=C(O)/C=C\C(=O)O. The summed E-state index contributed by atoms with van der Waals surface area (Å²) in [4.78, 5) is 38.2. The largest absolute Gasteiger partial charge is 0.494 e. The molecule has 42 heavy (non-hydrogen) atoms. The zero-order chi connectivity index (χ0) is 31.9. The molecule has 0 aliphatic heterocycles. The van der Waals surface area contributed by atoms with Gasteiger partial charge in [0.05, 0.1) is 13.2 Å². The molecule has 0 heterocycles. The number of benzene rings is 2. The molecule has 0 fully saturated rings. The molecule has 0 unspecified atom stereocenters. The van der Waals surface area contributed by atoms with Gasteiger partial charge >= 0.3 is 23.9 Å². The lowest BCUT2D eigenvalue weighted by Gasteiger charge is -2.08. The first-order valence-electron chi connectivity index (χ1n) is 11.6. The number of unbranched alkanes of at least 4 members (excludes halogenated alkanes) is 1. The molecule has 0 aliphatic rings. The highest BCUT2D eigenvalue weighted by atomic mass is 16.5. The van der Waals surface area contributed by atoms with E-state index in [2.05, 4.69) is 10.3 Å². The average molecular weight is 591 g/mol. The molecule has 16 heteroatoms. The van der Waals surface area contributed by atoms with Gasteiger partial charge in [0.2, 0.25) is 0 Å². The van der Waals surface area contributed by atoms with Crippen LogP contribution in [0.1, 0.15) is 24.0 Å². The van der Waals surface area contributed by atoms with E-state index in [4.69, 9.17) is 51.8 Å². The van der Waals surface area contributed by atoms with Crippen molar-refractivity contribution in [1.29, 1.82) is 0 Å². The summed E-state index contributed by atoms with van der Waals surface area (Å²) in [5.74, 6) is -3.46. The Bertz CT molecular complexity index is 1140. The lowest BCUT2D eigenvalue weighted by atomic mass is 10.2. The van der Waals surface area contributed by atoms with Crippen LogP contribution in [0.15, 0.2) is 83.1 Å². The molecule has 2 aromatic carbocycles. The topological polar surface area (TPSA) is 285 Å². The fourth-order valence-electron chi connectivity index (χ4n) is 2.43. The summed E-state index contributed by atoms with van der Waals surface area (Å²) >= 11 is 0. The van der Waals surface area contributed by atoms with Crippen molar-refractivity contribution in [2.45, 2.75) is 12.8 Å². The molecular weight excluding hydrogens is 560 g/mol. The third-order valence-electron chi connectivity index (χ3n) is 4.33. The summed E-state index contributed by atoms with van der Waals surface area (Å²) in [6, 6.07) is 14.0. The first kappa shape index (κ1) is 35.9. The summed E-state index contributed by atoms with van der Waals surface area (Å²) in [5, 5.41) is 54.4. The number of nitrogens with zero attached hydrogens (tertiary/aromatic N) is 2. The van der Waals surface area contributed by atoms with Crippen molar-refractivity contribution < 1.29 is 59.5 Å². The van der Waals surface area contributed by atoms with E-state index >= 15 is 0 Å². The van der Waals surface area contributed by atoms with Gasteiger partial charge in [0.25, 0.3) is 0 Å².